The third-order valence-electron chi connectivity index (χ3n) is 12.6. The van der Waals surface area contributed by atoms with Crippen molar-refractivity contribution in [3.05, 3.63) is 222 Å². The lowest BCUT2D eigenvalue weighted by Gasteiger charge is -2.32. The summed E-state index contributed by atoms with van der Waals surface area (Å²) in [5.74, 6) is 0. The number of benzene rings is 9. The van der Waals surface area contributed by atoms with Crippen LogP contribution < -0.4 is 4.90 Å². The highest BCUT2D eigenvalue weighted by Gasteiger charge is 2.41. The van der Waals surface area contributed by atoms with Crippen LogP contribution in [0.2, 0.25) is 0 Å². The summed E-state index contributed by atoms with van der Waals surface area (Å²) >= 11 is 0. The Balaban J connectivity index is 0.952. The summed E-state index contributed by atoms with van der Waals surface area (Å²) < 4.78 is 0. The SMILES string of the molecule is CCC1(CC)c2cc(/C=C/c3ccc(-c4ccc(-c5cccc6ccccc56)c5ccccc45)cc3)ccc2-c2ccc(N(c3ccccc3)c3ccccc3)cc21. The Morgan fingerprint density at radius 2 is 0.879 bits per heavy atom. The van der Waals surface area contributed by atoms with Crippen LogP contribution >= 0.6 is 0 Å². The van der Waals surface area contributed by atoms with Gasteiger partial charge < -0.3 is 4.90 Å². The van der Waals surface area contributed by atoms with E-state index in [4.69, 9.17) is 0 Å². The van der Waals surface area contributed by atoms with Crippen molar-refractivity contribution in [2.45, 2.75) is 32.1 Å². The zero-order valence-corrected chi connectivity index (χ0v) is 33.1. The number of rotatable bonds is 9. The van der Waals surface area contributed by atoms with Crippen LogP contribution in [0, 0.1) is 0 Å². The maximum Gasteiger partial charge on any atom is 0.0465 e. The molecule has 0 bridgehead atoms. The molecular weight excluding hydrogens is 699 g/mol. The lowest BCUT2D eigenvalue weighted by molar-refractivity contribution is 0.490. The van der Waals surface area contributed by atoms with Gasteiger partial charge in [0, 0.05) is 22.5 Å². The normalized spacial score (nSPS) is 12.9. The van der Waals surface area contributed by atoms with E-state index in [0.29, 0.717) is 0 Å². The average molecular weight is 744 g/mol. The van der Waals surface area contributed by atoms with Crippen molar-refractivity contribution < 1.29 is 0 Å². The molecule has 1 aliphatic carbocycles. The van der Waals surface area contributed by atoms with Gasteiger partial charge in [0.2, 0.25) is 0 Å². The zero-order chi connectivity index (χ0) is 39.1. The average Bonchev–Trinajstić information content (AvgIpc) is 3.57. The van der Waals surface area contributed by atoms with E-state index in [-0.39, 0.29) is 5.41 Å². The second-order valence-electron chi connectivity index (χ2n) is 15.5. The highest BCUT2D eigenvalue weighted by Crippen LogP contribution is 2.54. The van der Waals surface area contributed by atoms with Gasteiger partial charge in [0.25, 0.3) is 0 Å². The summed E-state index contributed by atoms with van der Waals surface area (Å²) in [6.07, 6.45) is 6.61. The monoisotopic (exact) mass is 743 g/mol. The minimum atomic E-state index is -0.0584. The van der Waals surface area contributed by atoms with Crippen molar-refractivity contribution in [3.63, 3.8) is 0 Å². The second kappa shape index (κ2) is 14.8. The van der Waals surface area contributed by atoms with E-state index in [9.17, 15) is 0 Å². The Labute approximate surface area is 342 Å². The van der Waals surface area contributed by atoms with Crippen LogP contribution in [-0.4, -0.2) is 0 Å². The molecule has 0 spiro atoms. The lowest BCUT2D eigenvalue weighted by Crippen LogP contribution is -2.23. The fourth-order valence-electron chi connectivity index (χ4n) is 9.57. The van der Waals surface area contributed by atoms with Crippen molar-refractivity contribution >= 4 is 50.8 Å². The van der Waals surface area contributed by atoms with Crippen LogP contribution in [0.5, 0.6) is 0 Å². The topological polar surface area (TPSA) is 3.24 Å². The molecule has 0 saturated heterocycles. The molecule has 0 N–H and O–H groups in total. The molecular formula is C57H45N. The molecule has 1 aliphatic rings. The number of nitrogens with zero attached hydrogens (tertiary/aromatic N) is 1. The Morgan fingerprint density at radius 3 is 1.57 bits per heavy atom. The number of anilines is 3. The Morgan fingerprint density at radius 1 is 0.379 bits per heavy atom. The smallest absolute Gasteiger partial charge is 0.0465 e. The third kappa shape index (κ3) is 6.03. The van der Waals surface area contributed by atoms with Crippen molar-refractivity contribution in [1.82, 2.24) is 0 Å². The van der Waals surface area contributed by atoms with E-state index < -0.39 is 0 Å². The van der Waals surface area contributed by atoms with E-state index in [1.165, 1.54) is 82.9 Å². The molecule has 9 aromatic rings. The fourth-order valence-corrected chi connectivity index (χ4v) is 9.57. The lowest BCUT2D eigenvalue weighted by atomic mass is 9.73. The predicted molar refractivity (Wildman–Crippen MR) is 249 cm³/mol. The van der Waals surface area contributed by atoms with Crippen LogP contribution in [0.25, 0.3) is 67.1 Å². The van der Waals surface area contributed by atoms with Crippen LogP contribution in [0.15, 0.2) is 200 Å². The minimum absolute atomic E-state index is 0.0584. The van der Waals surface area contributed by atoms with Gasteiger partial charge in [-0.15, -0.1) is 0 Å². The number of hydrogen-bond acceptors (Lipinski definition) is 1. The van der Waals surface area contributed by atoms with Gasteiger partial charge in [-0.25, -0.2) is 0 Å². The molecule has 0 heterocycles. The molecule has 278 valence electrons. The summed E-state index contributed by atoms with van der Waals surface area (Å²) in [6.45, 7) is 4.71. The van der Waals surface area contributed by atoms with Gasteiger partial charge in [-0.1, -0.05) is 190 Å². The Kier molecular flexibility index (Phi) is 9.07. The first kappa shape index (κ1) is 35.5. The van der Waals surface area contributed by atoms with Crippen molar-refractivity contribution in [3.8, 4) is 33.4 Å². The summed E-state index contributed by atoms with van der Waals surface area (Å²) in [7, 11) is 0. The van der Waals surface area contributed by atoms with Gasteiger partial charge in [-0.3, -0.25) is 0 Å². The van der Waals surface area contributed by atoms with Gasteiger partial charge in [-0.05, 0) is 126 Å². The summed E-state index contributed by atoms with van der Waals surface area (Å²) in [4.78, 5) is 2.38. The highest BCUT2D eigenvalue weighted by atomic mass is 15.1. The Bertz CT molecular complexity index is 2910. The molecule has 0 unspecified atom stereocenters. The first-order valence-electron chi connectivity index (χ1n) is 20.6. The summed E-state index contributed by atoms with van der Waals surface area (Å²) in [5.41, 5.74) is 16.5. The fraction of sp³-hybridized carbons (Fsp3) is 0.0877. The van der Waals surface area contributed by atoms with Gasteiger partial charge in [0.05, 0.1) is 0 Å². The maximum absolute atomic E-state index is 2.46. The minimum Gasteiger partial charge on any atom is -0.310 e. The van der Waals surface area contributed by atoms with E-state index in [1.54, 1.807) is 0 Å². The van der Waals surface area contributed by atoms with Crippen LogP contribution in [0.1, 0.15) is 48.9 Å². The molecule has 1 heteroatoms. The largest absolute Gasteiger partial charge is 0.310 e. The number of fused-ring (bicyclic) bond motifs is 5. The van der Waals surface area contributed by atoms with Crippen molar-refractivity contribution in [2.24, 2.45) is 0 Å². The quantitative estimate of drug-likeness (QED) is 0.133. The first-order valence-corrected chi connectivity index (χ1v) is 20.6. The molecule has 0 saturated carbocycles. The molecule has 0 amide bonds. The van der Waals surface area contributed by atoms with Crippen LogP contribution in [0.3, 0.4) is 0 Å². The van der Waals surface area contributed by atoms with E-state index in [2.05, 4.69) is 231 Å². The third-order valence-corrected chi connectivity index (χ3v) is 12.6. The van der Waals surface area contributed by atoms with Crippen molar-refractivity contribution in [2.75, 3.05) is 4.90 Å². The molecule has 58 heavy (non-hydrogen) atoms. The maximum atomic E-state index is 2.46. The summed E-state index contributed by atoms with van der Waals surface area (Å²) in [5, 5.41) is 5.09. The highest BCUT2D eigenvalue weighted by molar-refractivity contribution is 6.09. The number of hydrogen-bond donors (Lipinski definition) is 0. The van der Waals surface area contributed by atoms with Gasteiger partial charge >= 0.3 is 0 Å². The molecule has 1 nitrogen and oxygen atoms in total. The van der Waals surface area contributed by atoms with Crippen molar-refractivity contribution in [1.29, 1.82) is 0 Å². The zero-order valence-electron chi connectivity index (χ0n) is 33.1. The summed E-state index contributed by atoms with van der Waals surface area (Å²) in [6, 6.07) is 73.3. The predicted octanol–water partition coefficient (Wildman–Crippen LogP) is 16.1. The van der Waals surface area contributed by atoms with Crippen LogP contribution in [0.4, 0.5) is 17.1 Å². The molecule has 9 aromatic carbocycles. The Hall–Kier alpha value is -6.96. The molecule has 10 rings (SSSR count). The standard InChI is InChI=1S/C57H45N/c1-3-57(4-2)55-38-41(30-34-53(55)54-35-33-46(39-56(54)57)58(44-18-7-5-8-19-44)45-20-9-6-10-21-45)27-26-40-28-31-43(32-29-40)48-36-37-52(51-24-14-13-23-49(48)51)50-25-15-17-42-16-11-12-22-47(42)50/h5-39H,3-4H2,1-2H3/b27-26+. The van der Waals surface area contributed by atoms with Gasteiger partial charge in [0.1, 0.15) is 0 Å². The molecule has 0 atom stereocenters. The van der Waals surface area contributed by atoms with E-state index in [0.717, 1.165) is 24.2 Å². The van der Waals surface area contributed by atoms with Gasteiger partial charge in [0.15, 0.2) is 0 Å². The van der Waals surface area contributed by atoms with Gasteiger partial charge in [-0.2, -0.15) is 0 Å². The van der Waals surface area contributed by atoms with Crippen LogP contribution in [-0.2, 0) is 5.41 Å². The second-order valence-corrected chi connectivity index (χ2v) is 15.5. The molecule has 0 aliphatic heterocycles. The first-order chi connectivity index (χ1) is 28.6. The molecule has 0 fully saturated rings. The van der Waals surface area contributed by atoms with E-state index >= 15 is 0 Å². The molecule has 0 radical (unpaired) electrons. The van der Waals surface area contributed by atoms with E-state index in [1.807, 2.05) is 0 Å². The molecule has 0 aromatic heterocycles. The number of para-hydroxylation sites is 2.